The highest BCUT2D eigenvalue weighted by Gasteiger charge is 2.42. The van der Waals surface area contributed by atoms with Gasteiger partial charge in [0.05, 0.1) is 16.5 Å². The molecule has 0 aliphatic carbocycles. The van der Waals surface area contributed by atoms with Gasteiger partial charge in [-0.2, -0.15) is 0 Å². The number of nitrogens with zero attached hydrogens (tertiary/aromatic N) is 1. The summed E-state index contributed by atoms with van der Waals surface area (Å²) in [5, 5.41) is 0.426. The van der Waals surface area contributed by atoms with E-state index < -0.39 is 29.0 Å². The van der Waals surface area contributed by atoms with E-state index in [-0.39, 0.29) is 16.7 Å². The molecule has 2 amide bonds. The Morgan fingerprint density at radius 2 is 1.46 bits per heavy atom. The molecule has 0 spiro atoms. The highest BCUT2D eigenvalue weighted by Crippen LogP contribution is 2.29. The predicted molar refractivity (Wildman–Crippen MR) is 82.5 cm³/mol. The molecule has 0 radical (unpaired) electrons. The number of hydrogen-bond donors (Lipinski definition) is 0. The van der Waals surface area contributed by atoms with Crippen molar-refractivity contribution < 1.29 is 23.6 Å². The van der Waals surface area contributed by atoms with Gasteiger partial charge in [-0.3, -0.25) is 9.59 Å². The van der Waals surface area contributed by atoms with Gasteiger partial charge in [0.25, 0.3) is 11.8 Å². The van der Waals surface area contributed by atoms with E-state index in [1.165, 1.54) is 44.2 Å². The number of hydrogen-bond acceptors (Lipinski definition) is 4. The van der Waals surface area contributed by atoms with E-state index in [0.29, 0.717) is 5.06 Å². The Morgan fingerprint density at radius 1 is 0.958 bits per heavy atom. The number of halogens is 1. The van der Waals surface area contributed by atoms with E-state index >= 15 is 0 Å². The van der Waals surface area contributed by atoms with Crippen LogP contribution in [0.15, 0.2) is 48.5 Å². The van der Waals surface area contributed by atoms with Crippen LogP contribution in [-0.2, 0) is 15.0 Å². The molecule has 0 fully saturated rings. The fourth-order valence-electron chi connectivity index (χ4n) is 2.53. The summed E-state index contributed by atoms with van der Waals surface area (Å²) in [7, 11) is 0. The SMILES string of the molecule is CC(C)(C(=O)ON1C(=O)c2ccccc2C1=O)c1ccccc1F. The third kappa shape index (κ3) is 2.36. The Balaban J connectivity index is 1.87. The molecule has 2 aromatic rings. The van der Waals surface area contributed by atoms with Gasteiger partial charge in [-0.05, 0) is 32.0 Å². The molecule has 2 aromatic carbocycles. The topological polar surface area (TPSA) is 63.7 Å². The number of amides is 2. The lowest BCUT2D eigenvalue weighted by atomic mass is 9.84. The number of rotatable bonds is 3. The first kappa shape index (κ1) is 15.9. The lowest BCUT2D eigenvalue weighted by molar-refractivity contribution is -0.174. The van der Waals surface area contributed by atoms with Crippen LogP contribution in [0.2, 0.25) is 0 Å². The molecular formula is C18H14FNO4. The smallest absolute Gasteiger partial charge is 0.329 e. The third-order valence-corrected chi connectivity index (χ3v) is 3.99. The predicted octanol–water partition coefficient (Wildman–Crippen LogP) is 2.86. The molecule has 0 atom stereocenters. The van der Waals surface area contributed by atoms with Gasteiger partial charge in [0.1, 0.15) is 5.82 Å². The number of fused-ring (bicyclic) bond motifs is 1. The van der Waals surface area contributed by atoms with Crippen LogP contribution in [-0.4, -0.2) is 22.8 Å². The summed E-state index contributed by atoms with van der Waals surface area (Å²) in [4.78, 5) is 42.0. The van der Waals surface area contributed by atoms with Crippen molar-refractivity contribution in [3.05, 3.63) is 71.0 Å². The fourth-order valence-corrected chi connectivity index (χ4v) is 2.53. The summed E-state index contributed by atoms with van der Waals surface area (Å²) in [6.45, 7) is 2.93. The van der Waals surface area contributed by atoms with Crippen LogP contribution in [0.25, 0.3) is 0 Å². The molecule has 1 aliphatic rings. The molecule has 1 heterocycles. The van der Waals surface area contributed by atoms with E-state index in [9.17, 15) is 18.8 Å². The van der Waals surface area contributed by atoms with Crippen LogP contribution in [0.3, 0.4) is 0 Å². The van der Waals surface area contributed by atoms with Crippen LogP contribution >= 0.6 is 0 Å². The van der Waals surface area contributed by atoms with E-state index in [2.05, 4.69) is 0 Å². The van der Waals surface area contributed by atoms with Crippen LogP contribution in [0.4, 0.5) is 4.39 Å². The summed E-state index contributed by atoms with van der Waals surface area (Å²) in [6.07, 6.45) is 0. The zero-order valence-corrected chi connectivity index (χ0v) is 13.1. The Hall–Kier alpha value is -3.02. The van der Waals surface area contributed by atoms with Crippen molar-refractivity contribution in [1.29, 1.82) is 0 Å². The van der Waals surface area contributed by atoms with Crippen molar-refractivity contribution in [3.8, 4) is 0 Å². The molecular weight excluding hydrogens is 313 g/mol. The van der Waals surface area contributed by atoms with Gasteiger partial charge in [0.15, 0.2) is 0 Å². The van der Waals surface area contributed by atoms with Crippen molar-refractivity contribution in [2.45, 2.75) is 19.3 Å². The number of imide groups is 1. The summed E-state index contributed by atoms with van der Waals surface area (Å²) in [6, 6.07) is 12.0. The third-order valence-electron chi connectivity index (χ3n) is 3.99. The molecule has 0 N–H and O–H groups in total. The molecule has 0 aromatic heterocycles. The van der Waals surface area contributed by atoms with E-state index in [0.717, 1.165) is 0 Å². The van der Waals surface area contributed by atoms with E-state index in [1.807, 2.05) is 0 Å². The summed E-state index contributed by atoms with van der Waals surface area (Å²) in [5.41, 5.74) is -0.926. The largest absolute Gasteiger partial charge is 0.343 e. The normalized spacial score (nSPS) is 13.9. The fraction of sp³-hybridized carbons (Fsp3) is 0.167. The van der Waals surface area contributed by atoms with Crippen molar-refractivity contribution in [2.75, 3.05) is 0 Å². The minimum atomic E-state index is -1.37. The Bertz CT molecular complexity index is 825. The van der Waals surface area contributed by atoms with Crippen molar-refractivity contribution >= 4 is 17.8 Å². The van der Waals surface area contributed by atoms with Gasteiger partial charge in [-0.1, -0.05) is 35.4 Å². The monoisotopic (exact) mass is 327 g/mol. The molecule has 6 heteroatoms. The average Bonchev–Trinajstić information content (AvgIpc) is 2.80. The van der Waals surface area contributed by atoms with Gasteiger partial charge in [0, 0.05) is 5.56 Å². The molecule has 1 aliphatic heterocycles. The maximum Gasteiger partial charge on any atom is 0.343 e. The first-order valence-corrected chi connectivity index (χ1v) is 7.29. The summed E-state index contributed by atoms with van der Waals surface area (Å²) < 4.78 is 14.0. The second kappa shape index (κ2) is 5.56. The van der Waals surface area contributed by atoms with Crippen molar-refractivity contribution in [2.24, 2.45) is 0 Å². The first-order chi connectivity index (χ1) is 11.3. The average molecular weight is 327 g/mol. The Kier molecular flexibility index (Phi) is 3.67. The highest BCUT2D eigenvalue weighted by molar-refractivity contribution is 6.21. The molecule has 0 bridgehead atoms. The second-order valence-corrected chi connectivity index (χ2v) is 5.93. The minimum absolute atomic E-state index is 0.117. The number of hydroxylamine groups is 2. The number of benzene rings is 2. The molecule has 3 rings (SSSR count). The zero-order valence-electron chi connectivity index (χ0n) is 13.1. The second-order valence-electron chi connectivity index (χ2n) is 5.93. The van der Waals surface area contributed by atoms with Gasteiger partial charge in [-0.25, -0.2) is 9.18 Å². The Labute approximate surface area is 137 Å². The van der Waals surface area contributed by atoms with E-state index in [4.69, 9.17) is 4.84 Å². The quantitative estimate of drug-likeness (QED) is 0.813. The van der Waals surface area contributed by atoms with Gasteiger partial charge >= 0.3 is 5.97 Å². The first-order valence-electron chi connectivity index (χ1n) is 7.29. The molecule has 24 heavy (non-hydrogen) atoms. The lowest BCUT2D eigenvalue weighted by Crippen LogP contribution is -2.40. The van der Waals surface area contributed by atoms with E-state index in [1.54, 1.807) is 18.2 Å². The molecule has 5 nitrogen and oxygen atoms in total. The molecule has 0 saturated heterocycles. The van der Waals surface area contributed by atoms with Crippen LogP contribution in [0.1, 0.15) is 40.1 Å². The standard InChI is InChI=1S/C18H14FNO4/c1-18(2,13-9-5-6-10-14(13)19)17(23)24-20-15(21)11-7-3-4-8-12(11)16(20)22/h3-10H,1-2H3. The molecule has 0 saturated carbocycles. The maximum absolute atomic E-state index is 14.0. The van der Waals surface area contributed by atoms with Crippen LogP contribution in [0.5, 0.6) is 0 Å². The van der Waals surface area contributed by atoms with Crippen molar-refractivity contribution in [3.63, 3.8) is 0 Å². The van der Waals surface area contributed by atoms with Crippen LogP contribution in [0, 0.1) is 5.82 Å². The van der Waals surface area contributed by atoms with Gasteiger partial charge in [0.2, 0.25) is 0 Å². The van der Waals surface area contributed by atoms with Gasteiger partial charge in [-0.15, -0.1) is 0 Å². The summed E-state index contributed by atoms with van der Waals surface area (Å²) in [5.74, 6) is -2.90. The summed E-state index contributed by atoms with van der Waals surface area (Å²) >= 11 is 0. The van der Waals surface area contributed by atoms with Crippen LogP contribution < -0.4 is 0 Å². The van der Waals surface area contributed by atoms with Crippen molar-refractivity contribution in [1.82, 2.24) is 5.06 Å². The maximum atomic E-state index is 14.0. The number of carbonyl (C=O) groups is 3. The number of carbonyl (C=O) groups excluding carboxylic acids is 3. The minimum Gasteiger partial charge on any atom is -0.329 e. The molecule has 122 valence electrons. The Morgan fingerprint density at radius 3 is 2.00 bits per heavy atom. The lowest BCUT2D eigenvalue weighted by Gasteiger charge is -2.25. The molecule has 0 unspecified atom stereocenters. The highest BCUT2D eigenvalue weighted by atomic mass is 19.1. The van der Waals surface area contributed by atoms with Gasteiger partial charge < -0.3 is 4.84 Å². The zero-order chi connectivity index (χ0) is 17.5.